The first-order valence-electron chi connectivity index (χ1n) is 8.63. The van der Waals surface area contributed by atoms with Crippen molar-refractivity contribution in [3.63, 3.8) is 0 Å². The molecule has 2 aromatic rings. The number of thiocarbonyl (C=S) groups is 1. The summed E-state index contributed by atoms with van der Waals surface area (Å²) >= 11 is 6.16. The van der Waals surface area contributed by atoms with E-state index in [0.717, 1.165) is 22.8 Å². The van der Waals surface area contributed by atoms with Crippen LogP contribution in [0.1, 0.15) is 22.3 Å². The fraction of sp³-hybridized carbons (Fsp3) is 0.100. The lowest BCUT2D eigenvalue weighted by Crippen LogP contribution is -2.45. The molecule has 30 heavy (non-hydrogen) atoms. The maximum Gasteiger partial charge on any atom is 0.306 e. The van der Waals surface area contributed by atoms with Gasteiger partial charge in [-0.15, -0.1) is 0 Å². The van der Waals surface area contributed by atoms with Crippen LogP contribution < -0.4 is 10.2 Å². The van der Waals surface area contributed by atoms with Crippen molar-refractivity contribution >= 4 is 52.2 Å². The Morgan fingerprint density at radius 2 is 1.90 bits per heavy atom. The number of hydrogen-bond acceptors (Lipinski definition) is 6. The van der Waals surface area contributed by atoms with Gasteiger partial charge >= 0.3 is 5.97 Å². The van der Waals surface area contributed by atoms with Crippen molar-refractivity contribution in [3.8, 4) is 5.75 Å². The number of benzene rings is 2. The van der Waals surface area contributed by atoms with E-state index in [-0.39, 0.29) is 27.8 Å². The average Bonchev–Trinajstić information content (AvgIpc) is 2.96. The Morgan fingerprint density at radius 1 is 1.20 bits per heavy atom. The molecule has 0 spiro atoms. The van der Waals surface area contributed by atoms with Gasteiger partial charge in [0.2, 0.25) is 0 Å². The number of nitrogens with zero attached hydrogens (tertiary/aromatic N) is 1. The van der Waals surface area contributed by atoms with Crippen LogP contribution in [0.5, 0.6) is 5.75 Å². The first-order valence-corrected chi connectivity index (χ1v) is 9.86. The molecule has 2 N–H and O–H groups in total. The lowest BCUT2D eigenvalue weighted by molar-refractivity contribution is -0.137. The number of carbonyl (C=O) groups excluding carboxylic acids is 2. The van der Waals surface area contributed by atoms with Gasteiger partial charge in [0.25, 0.3) is 11.8 Å². The third-order valence-electron chi connectivity index (χ3n) is 3.89. The average molecular weight is 446 g/mol. The van der Waals surface area contributed by atoms with Gasteiger partial charge < -0.3 is 9.84 Å². The molecule has 2 amide bonds. The maximum atomic E-state index is 13.8. The molecule has 0 aliphatic carbocycles. The first-order chi connectivity index (χ1) is 14.3. The predicted octanol–water partition coefficient (Wildman–Crippen LogP) is 3.23. The van der Waals surface area contributed by atoms with Crippen molar-refractivity contribution in [2.24, 2.45) is 0 Å². The molecule has 0 unspecified atom stereocenters. The standard InChI is InChI=1S/C20H15FN2O5S2/c21-15-4-2-1-3-14(15)18(26)22-23-19(27)16(30-20(23)29)11-12-5-7-13(8-6-12)28-10-9-17(24)25/h1-8,11H,9-10H2,(H,22,26)(H,24,25)/b16-11+. The SMILES string of the molecule is O=C(O)CCOc1ccc(/C=C2/SC(=S)N(NC(=O)c3ccccc3F)C2=O)cc1. The second-order valence-electron chi connectivity index (χ2n) is 6.00. The third kappa shape index (κ3) is 5.22. The number of halogens is 1. The summed E-state index contributed by atoms with van der Waals surface area (Å²) in [5, 5.41) is 9.52. The van der Waals surface area contributed by atoms with Crippen LogP contribution >= 0.6 is 24.0 Å². The summed E-state index contributed by atoms with van der Waals surface area (Å²) in [7, 11) is 0. The highest BCUT2D eigenvalue weighted by Crippen LogP contribution is 2.31. The van der Waals surface area contributed by atoms with Gasteiger partial charge in [0.15, 0.2) is 4.32 Å². The largest absolute Gasteiger partial charge is 0.493 e. The fourth-order valence-electron chi connectivity index (χ4n) is 2.44. The highest BCUT2D eigenvalue weighted by atomic mass is 32.2. The first kappa shape index (κ1) is 21.5. The van der Waals surface area contributed by atoms with E-state index < -0.39 is 23.6 Å². The zero-order chi connectivity index (χ0) is 21.7. The van der Waals surface area contributed by atoms with Gasteiger partial charge in [0.05, 0.1) is 23.5 Å². The van der Waals surface area contributed by atoms with Crippen molar-refractivity contribution in [1.29, 1.82) is 0 Å². The van der Waals surface area contributed by atoms with E-state index >= 15 is 0 Å². The molecule has 3 rings (SSSR count). The van der Waals surface area contributed by atoms with Crippen molar-refractivity contribution in [2.75, 3.05) is 6.61 Å². The molecule has 1 fully saturated rings. The lowest BCUT2D eigenvalue weighted by Gasteiger charge is -2.15. The van der Waals surface area contributed by atoms with Crippen LogP contribution in [0.4, 0.5) is 4.39 Å². The number of carbonyl (C=O) groups is 3. The van der Waals surface area contributed by atoms with E-state index in [2.05, 4.69) is 5.43 Å². The number of hydrogen-bond donors (Lipinski definition) is 2. The molecule has 1 saturated heterocycles. The highest BCUT2D eigenvalue weighted by molar-refractivity contribution is 8.26. The van der Waals surface area contributed by atoms with Gasteiger partial charge in [0.1, 0.15) is 11.6 Å². The number of aliphatic carboxylic acids is 1. The molecule has 10 heteroatoms. The summed E-state index contributed by atoms with van der Waals surface area (Å²) in [4.78, 5) is 35.7. The zero-order valence-corrected chi connectivity index (χ0v) is 17.0. The smallest absolute Gasteiger partial charge is 0.306 e. The number of carboxylic acids is 1. The number of rotatable bonds is 7. The van der Waals surface area contributed by atoms with Crippen molar-refractivity contribution in [2.45, 2.75) is 6.42 Å². The number of thioether (sulfide) groups is 1. The predicted molar refractivity (Wildman–Crippen MR) is 113 cm³/mol. The quantitative estimate of drug-likeness (QED) is 0.498. The summed E-state index contributed by atoms with van der Waals surface area (Å²) in [6.07, 6.45) is 1.48. The van der Waals surface area contributed by atoms with E-state index in [1.54, 1.807) is 30.3 Å². The van der Waals surface area contributed by atoms with Gasteiger partial charge in [-0.1, -0.05) is 36.0 Å². The van der Waals surface area contributed by atoms with E-state index in [1.165, 1.54) is 18.2 Å². The second-order valence-corrected chi connectivity index (χ2v) is 7.67. The topological polar surface area (TPSA) is 95.9 Å². The summed E-state index contributed by atoms with van der Waals surface area (Å²) < 4.78 is 19.2. The van der Waals surface area contributed by atoms with Crippen LogP contribution in [-0.4, -0.2) is 38.8 Å². The molecule has 0 radical (unpaired) electrons. The molecule has 154 valence electrons. The maximum absolute atomic E-state index is 13.8. The minimum absolute atomic E-state index is 0.0506. The third-order valence-corrected chi connectivity index (χ3v) is 5.19. The molecule has 1 aliphatic heterocycles. The highest BCUT2D eigenvalue weighted by Gasteiger charge is 2.34. The van der Waals surface area contributed by atoms with E-state index in [1.807, 2.05) is 0 Å². The Bertz CT molecular complexity index is 1040. The molecular formula is C20H15FN2O5S2. The van der Waals surface area contributed by atoms with Gasteiger partial charge in [0, 0.05) is 0 Å². The number of carboxylic acid groups (broad SMARTS) is 1. The van der Waals surface area contributed by atoms with Crippen LogP contribution in [0.25, 0.3) is 6.08 Å². The normalized spacial score (nSPS) is 14.8. The van der Waals surface area contributed by atoms with Gasteiger partial charge in [-0.05, 0) is 48.1 Å². The summed E-state index contributed by atoms with van der Waals surface area (Å²) in [5.41, 5.74) is 2.81. The Labute approximate surface area is 180 Å². The number of nitrogens with one attached hydrogen (secondary N) is 1. The van der Waals surface area contributed by atoms with Crippen LogP contribution in [0.3, 0.4) is 0 Å². The molecule has 1 aliphatic rings. The van der Waals surface area contributed by atoms with Gasteiger partial charge in [-0.25, -0.2) is 4.39 Å². The summed E-state index contributed by atoms with van der Waals surface area (Å²) in [5.74, 6) is -2.47. The second kappa shape index (κ2) is 9.51. The minimum Gasteiger partial charge on any atom is -0.493 e. The molecule has 7 nitrogen and oxygen atoms in total. The Hall–Kier alpha value is -3.24. The van der Waals surface area contributed by atoms with Crippen LogP contribution in [0.15, 0.2) is 53.4 Å². The molecule has 1 heterocycles. The van der Waals surface area contributed by atoms with Crippen molar-refractivity contribution in [1.82, 2.24) is 10.4 Å². The zero-order valence-electron chi connectivity index (χ0n) is 15.3. The summed E-state index contributed by atoms with van der Waals surface area (Å²) in [6.45, 7) is 0.0506. The van der Waals surface area contributed by atoms with Crippen molar-refractivity contribution < 1.29 is 28.6 Å². The van der Waals surface area contributed by atoms with Gasteiger partial charge in [-0.3, -0.25) is 19.8 Å². The van der Waals surface area contributed by atoms with Crippen molar-refractivity contribution in [3.05, 3.63) is 70.4 Å². The number of ether oxygens (including phenoxy) is 1. The lowest BCUT2D eigenvalue weighted by atomic mass is 10.2. The van der Waals surface area contributed by atoms with E-state index in [9.17, 15) is 18.8 Å². The number of amides is 2. The fourth-order valence-corrected chi connectivity index (χ4v) is 3.62. The molecular weight excluding hydrogens is 431 g/mol. The van der Waals surface area contributed by atoms with E-state index in [4.69, 9.17) is 22.1 Å². The molecule has 0 bridgehead atoms. The molecule has 0 aromatic heterocycles. The molecule has 0 saturated carbocycles. The monoisotopic (exact) mass is 446 g/mol. The van der Waals surface area contributed by atoms with E-state index in [0.29, 0.717) is 11.3 Å². The minimum atomic E-state index is -0.948. The van der Waals surface area contributed by atoms with Crippen LogP contribution in [0.2, 0.25) is 0 Å². The van der Waals surface area contributed by atoms with Gasteiger partial charge in [-0.2, -0.15) is 5.01 Å². The molecule has 2 aromatic carbocycles. The Balaban J connectivity index is 1.66. The van der Waals surface area contributed by atoms with Crippen LogP contribution in [-0.2, 0) is 9.59 Å². The molecule has 0 atom stereocenters. The summed E-state index contributed by atoms with van der Waals surface area (Å²) in [6, 6.07) is 12.1. The van der Waals surface area contributed by atoms with Crippen LogP contribution in [0, 0.1) is 5.82 Å². The Morgan fingerprint density at radius 3 is 2.57 bits per heavy atom. The Kier molecular flexibility index (Phi) is 6.80. The number of hydrazine groups is 1.